The van der Waals surface area contributed by atoms with Gasteiger partial charge in [-0.15, -0.1) is 0 Å². The van der Waals surface area contributed by atoms with Crippen molar-refractivity contribution >= 4 is 27.0 Å². The Morgan fingerprint density at radius 1 is 1.18 bits per heavy atom. The number of hydroxylamine groups is 1. The van der Waals surface area contributed by atoms with Gasteiger partial charge in [0.2, 0.25) is 0 Å². The minimum Gasteiger partial charge on any atom is -0.345 e. The summed E-state index contributed by atoms with van der Waals surface area (Å²) in [6.45, 7) is 1.22. The summed E-state index contributed by atoms with van der Waals surface area (Å²) in [4.78, 5) is 21.4. The fourth-order valence-corrected chi connectivity index (χ4v) is 4.24. The summed E-state index contributed by atoms with van der Waals surface area (Å²) in [5.41, 5.74) is 0.818. The molecule has 0 aliphatic heterocycles. The zero-order chi connectivity index (χ0) is 24.4. The maximum Gasteiger partial charge on any atom is 0.492 e. The molecule has 33 heavy (non-hydrogen) atoms. The fraction of sp³-hybridized carbons (Fsp3) is 0.300. The lowest BCUT2D eigenvalue weighted by Gasteiger charge is -2.21. The van der Waals surface area contributed by atoms with E-state index in [-0.39, 0.29) is 22.2 Å². The second kappa shape index (κ2) is 9.43. The van der Waals surface area contributed by atoms with Crippen LogP contribution in [0.15, 0.2) is 47.5 Å². The molecule has 0 saturated carbocycles. The number of aromatic amines is 1. The number of nitrogens with zero attached hydrogens (tertiary/aromatic N) is 2. The highest BCUT2D eigenvalue weighted by atomic mass is 32.2. The van der Waals surface area contributed by atoms with Crippen molar-refractivity contribution in [3.05, 3.63) is 48.3 Å². The van der Waals surface area contributed by atoms with Crippen molar-refractivity contribution in [2.24, 2.45) is 0 Å². The van der Waals surface area contributed by atoms with E-state index in [4.69, 9.17) is 0 Å². The molecule has 0 unspecified atom stereocenters. The zero-order valence-electron chi connectivity index (χ0n) is 17.1. The van der Waals surface area contributed by atoms with Crippen LogP contribution in [0, 0.1) is 0 Å². The third-order valence-corrected chi connectivity index (χ3v) is 6.29. The molecule has 0 bridgehead atoms. The number of hydrogen-bond donors (Lipinski definition) is 1. The highest BCUT2D eigenvalue weighted by molar-refractivity contribution is 7.89. The molecule has 0 aliphatic rings. The lowest BCUT2D eigenvalue weighted by Crippen LogP contribution is -2.39. The lowest BCUT2D eigenvalue weighted by atomic mass is 10.0. The minimum absolute atomic E-state index is 0.0209. The maximum absolute atomic E-state index is 13.0. The first-order valence-electron chi connectivity index (χ1n) is 9.63. The van der Waals surface area contributed by atoms with Crippen LogP contribution in [0.3, 0.4) is 0 Å². The number of benzene rings is 1. The van der Waals surface area contributed by atoms with E-state index in [2.05, 4.69) is 14.8 Å². The second-order valence-corrected chi connectivity index (χ2v) is 8.76. The summed E-state index contributed by atoms with van der Waals surface area (Å²) in [6.07, 6.45) is -6.14. The summed E-state index contributed by atoms with van der Waals surface area (Å²) in [5.74, 6) is -2.65. The molecule has 3 aromatic rings. The highest BCUT2D eigenvalue weighted by Crippen LogP contribution is 2.32. The van der Waals surface area contributed by atoms with E-state index in [9.17, 15) is 35.2 Å². The Morgan fingerprint density at radius 2 is 1.85 bits per heavy atom. The van der Waals surface area contributed by atoms with Crippen LogP contribution >= 0.6 is 0 Å². The van der Waals surface area contributed by atoms with Crippen LogP contribution in [0.2, 0.25) is 0 Å². The molecule has 0 fully saturated rings. The van der Waals surface area contributed by atoms with Gasteiger partial charge in [0.15, 0.2) is 0 Å². The largest absolute Gasteiger partial charge is 0.492 e. The van der Waals surface area contributed by atoms with E-state index in [1.54, 1.807) is 13.0 Å². The number of alkyl halides is 5. The van der Waals surface area contributed by atoms with Crippen molar-refractivity contribution in [3.8, 4) is 11.1 Å². The Kier molecular flexibility index (Phi) is 7.03. The average molecular weight is 491 g/mol. The number of carbonyl (C=O) groups is 1. The van der Waals surface area contributed by atoms with Gasteiger partial charge < -0.3 is 9.82 Å². The molecule has 0 atom stereocenters. The molecule has 13 heteroatoms. The Bertz CT molecular complexity index is 1240. The van der Waals surface area contributed by atoms with Crippen LogP contribution < -0.4 is 0 Å². The molecule has 0 spiro atoms. The van der Waals surface area contributed by atoms with Gasteiger partial charge in [-0.1, -0.05) is 25.5 Å². The third kappa shape index (κ3) is 5.30. The van der Waals surface area contributed by atoms with Gasteiger partial charge in [-0.3, -0.25) is 0 Å². The number of aromatic nitrogens is 2. The van der Waals surface area contributed by atoms with E-state index in [0.717, 1.165) is 12.1 Å². The van der Waals surface area contributed by atoms with Crippen molar-refractivity contribution < 1.29 is 40.0 Å². The van der Waals surface area contributed by atoms with Crippen molar-refractivity contribution in [2.75, 3.05) is 6.54 Å². The summed E-state index contributed by atoms with van der Waals surface area (Å²) in [5, 5.41) is 0.382. The number of unbranched alkanes of at least 4 members (excludes halogenated alkanes) is 1. The maximum atomic E-state index is 13.0. The Hall–Kier alpha value is -3.06. The summed E-state index contributed by atoms with van der Waals surface area (Å²) >= 11 is 0. The second-order valence-electron chi connectivity index (χ2n) is 6.93. The van der Waals surface area contributed by atoms with E-state index in [1.165, 1.54) is 24.4 Å². The molecule has 0 amide bonds. The first-order chi connectivity index (χ1) is 15.4. The third-order valence-electron chi connectivity index (χ3n) is 4.63. The molecular weight excluding hydrogens is 473 g/mol. The molecule has 178 valence electrons. The Balaban J connectivity index is 1.94. The van der Waals surface area contributed by atoms with Gasteiger partial charge in [0, 0.05) is 11.6 Å². The average Bonchev–Trinajstić information content (AvgIpc) is 3.20. The Morgan fingerprint density at radius 3 is 2.42 bits per heavy atom. The van der Waals surface area contributed by atoms with Crippen molar-refractivity contribution in [1.82, 2.24) is 14.4 Å². The number of pyridine rings is 1. The van der Waals surface area contributed by atoms with Crippen LogP contribution in [-0.2, 0) is 19.7 Å². The van der Waals surface area contributed by atoms with E-state index in [0.29, 0.717) is 22.9 Å². The Labute approximate surface area is 185 Å². The molecule has 1 N–H and O–H groups in total. The monoisotopic (exact) mass is 491 g/mol. The molecular formula is C20H18F5N3O4S. The van der Waals surface area contributed by atoms with Crippen molar-refractivity contribution in [1.29, 1.82) is 0 Å². The lowest BCUT2D eigenvalue weighted by molar-refractivity contribution is -0.222. The smallest absolute Gasteiger partial charge is 0.345 e. The molecule has 2 aromatic heterocycles. The predicted octanol–water partition coefficient (Wildman–Crippen LogP) is 4.98. The molecule has 7 nitrogen and oxygen atoms in total. The number of rotatable bonds is 8. The van der Waals surface area contributed by atoms with Crippen LogP contribution in [0.4, 0.5) is 22.0 Å². The summed E-state index contributed by atoms with van der Waals surface area (Å²) in [7, 11) is -4.60. The van der Waals surface area contributed by atoms with Gasteiger partial charge in [-0.25, -0.2) is 27.0 Å². The van der Waals surface area contributed by atoms with Crippen LogP contribution in [0.1, 0.15) is 31.9 Å². The molecule has 0 aliphatic carbocycles. The van der Waals surface area contributed by atoms with Gasteiger partial charge in [0.25, 0.3) is 16.4 Å². The predicted molar refractivity (Wildman–Crippen MR) is 107 cm³/mol. The summed E-state index contributed by atoms with van der Waals surface area (Å²) in [6, 6.07) is 7.75. The first kappa shape index (κ1) is 24.6. The van der Waals surface area contributed by atoms with Crippen LogP contribution in [0.5, 0.6) is 0 Å². The molecule has 1 aromatic carbocycles. The fourth-order valence-electron chi connectivity index (χ4n) is 2.99. The van der Waals surface area contributed by atoms with Gasteiger partial charge in [-0.2, -0.15) is 13.2 Å². The topological polar surface area (TPSA) is 92.4 Å². The highest BCUT2D eigenvalue weighted by Gasteiger charge is 2.44. The van der Waals surface area contributed by atoms with Gasteiger partial charge in [0.1, 0.15) is 5.65 Å². The first-order valence-corrected chi connectivity index (χ1v) is 11.1. The van der Waals surface area contributed by atoms with E-state index >= 15 is 0 Å². The number of fused-ring (bicyclic) bond motifs is 1. The number of H-pyrrole nitrogens is 1. The van der Waals surface area contributed by atoms with Gasteiger partial charge >= 0.3 is 12.1 Å². The quantitative estimate of drug-likeness (QED) is 0.355. The van der Waals surface area contributed by atoms with E-state index < -0.39 is 40.0 Å². The standard InChI is InChI=1S/C20H18F5N3O4S/c1-2-3-10-28(32-19(29)20(23,24)25)33(30,31)13-6-4-12(5-7-13)14-8-9-26-18-15(14)11-16(27-18)17(21)22/h4-9,11,17H,2-3,10H2,1H3,(H,26,27). The minimum atomic E-state index is -5.37. The van der Waals surface area contributed by atoms with Crippen LogP contribution in [-0.4, -0.2) is 41.5 Å². The van der Waals surface area contributed by atoms with Gasteiger partial charge in [0.05, 0.1) is 17.1 Å². The normalized spacial score (nSPS) is 12.6. The van der Waals surface area contributed by atoms with E-state index in [1.807, 2.05) is 0 Å². The van der Waals surface area contributed by atoms with Crippen molar-refractivity contribution in [3.63, 3.8) is 0 Å². The number of carbonyl (C=O) groups excluding carboxylic acids is 1. The van der Waals surface area contributed by atoms with Gasteiger partial charge in [-0.05, 0) is 46.3 Å². The SMILES string of the molecule is CCCCN(OC(=O)C(F)(F)F)S(=O)(=O)c1ccc(-c2ccnc3[nH]c(C(F)F)cc23)cc1. The van der Waals surface area contributed by atoms with Crippen LogP contribution in [0.25, 0.3) is 22.2 Å². The zero-order valence-corrected chi connectivity index (χ0v) is 17.9. The molecule has 0 radical (unpaired) electrons. The van der Waals surface area contributed by atoms with Crippen molar-refractivity contribution in [2.45, 2.75) is 37.3 Å². The molecule has 3 rings (SSSR count). The number of sulfonamides is 1. The molecule has 2 heterocycles. The number of hydrogen-bond acceptors (Lipinski definition) is 5. The molecule has 0 saturated heterocycles. The summed E-state index contributed by atoms with van der Waals surface area (Å²) < 4.78 is 89.5. The number of nitrogens with one attached hydrogen (secondary N) is 1. The number of halogens is 5.